The van der Waals surface area contributed by atoms with Crippen LogP contribution >= 0.6 is 0 Å². The van der Waals surface area contributed by atoms with Crippen molar-refractivity contribution in [3.63, 3.8) is 0 Å². The van der Waals surface area contributed by atoms with Crippen LogP contribution in [0.25, 0.3) is 0 Å². The molecule has 2 atom stereocenters. The summed E-state index contributed by atoms with van der Waals surface area (Å²) in [5, 5.41) is 0. The largest absolute Gasteiger partial charge is 0.296 e. The van der Waals surface area contributed by atoms with Gasteiger partial charge in [-0.2, -0.15) is 0 Å². The van der Waals surface area contributed by atoms with Crippen LogP contribution in [0.1, 0.15) is 40.0 Å². The lowest BCUT2D eigenvalue weighted by molar-refractivity contribution is -0.134. The Bertz CT molecular complexity index is 181. The molecule has 0 unspecified atom stereocenters. The number of Topliss-reactive ketones (excluding diaryl/α,β-unsaturated/α-hetero) is 1. The second-order valence-electron chi connectivity index (χ2n) is 4.72. The molecular weight excluding hydrogens is 155 g/mol. The number of halogens is 1. The zero-order valence-corrected chi connectivity index (χ0v) is 8.06. The molecule has 0 bridgehead atoms. The highest BCUT2D eigenvalue weighted by molar-refractivity contribution is 5.86. The van der Waals surface area contributed by atoms with Crippen LogP contribution in [0.5, 0.6) is 0 Å². The molecule has 0 N–H and O–H groups in total. The molecular formula is C10H17FO. The van der Waals surface area contributed by atoms with Crippen LogP contribution in [0.2, 0.25) is 0 Å². The molecule has 0 aromatic heterocycles. The molecule has 0 radical (unpaired) electrons. The molecule has 0 aliphatic heterocycles. The molecule has 0 amide bonds. The van der Waals surface area contributed by atoms with Crippen LogP contribution in [0, 0.1) is 11.3 Å². The van der Waals surface area contributed by atoms with Gasteiger partial charge in [0.1, 0.15) is 0 Å². The first kappa shape index (κ1) is 9.69. The summed E-state index contributed by atoms with van der Waals surface area (Å²) < 4.78 is 13.0. The topological polar surface area (TPSA) is 17.1 Å². The van der Waals surface area contributed by atoms with Crippen molar-refractivity contribution in [2.75, 3.05) is 0 Å². The zero-order chi connectivity index (χ0) is 9.35. The van der Waals surface area contributed by atoms with Gasteiger partial charge < -0.3 is 0 Å². The highest BCUT2D eigenvalue weighted by Gasteiger charge is 2.38. The third-order valence-corrected chi connectivity index (χ3v) is 2.65. The number of carbonyl (C=O) groups is 1. The molecule has 0 aromatic carbocycles. The minimum absolute atomic E-state index is 0.0676. The van der Waals surface area contributed by atoms with Gasteiger partial charge in [0.25, 0.3) is 0 Å². The van der Waals surface area contributed by atoms with Gasteiger partial charge in [0.05, 0.1) is 0 Å². The van der Waals surface area contributed by atoms with Gasteiger partial charge in [-0.15, -0.1) is 0 Å². The lowest BCUT2D eigenvalue weighted by atomic mass is 9.71. The number of rotatable bonds is 0. The van der Waals surface area contributed by atoms with Gasteiger partial charge >= 0.3 is 0 Å². The Balaban J connectivity index is 2.71. The number of alkyl halides is 1. The fraction of sp³-hybridized carbons (Fsp3) is 0.900. The predicted octanol–water partition coefficient (Wildman–Crippen LogP) is 2.74. The fourth-order valence-corrected chi connectivity index (χ4v) is 1.86. The van der Waals surface area contributed by atoms with Crippen molar-refractivity contribution in [3.8, 4) is 0 Å². The number of ketones is 1. The monoisotopic (exact) mass is 172 g/mol. The standard InChI is InChI=1S/C10H17FO/c1-10(2,3)7-5-4-6-8(11)9(7)12/h7-8H,4-6H2,1-3H3/t7-,8+/m1/s1. The highest BCUT2D eigenvalue weighted by atomic mass is 19.1. The van der Waals surface area contributed by atoms with Gasteiger partial charge in [-0.05, 0) is 24.7 Å². The van der Waals surface area contributed by atoms with E-state index in [1.165, 1.54) is 0 Å². The zero-order valence-electron chi connectivity index (χ0n) is 8.06. The van der Waals surface area contributed by atoms with Crippen molar-refractivity contribution >= 4 is 5.78 Å². The van der Waals surface area contributed by atoms with Crippen molar-refractivity contribution in [1.29, 1.82) is 0 Å². The van der Waals surface area contributed by atoms with E-state index in [0.29, 0.717) is 6.42 Å². The van der Waals surface area contributed by atoms with Gasteiger partial charge in [-0.3, -0.25) is 4.79 Å². The van der Waals surface area contributed by atoms with E-state index < -0.39 is 6.17 Å². The summed E-state index contributed by atoms with van der Waals surface area (Å²) in [6, 6.07) is 0. The number of hydrogen-bond acceptors (Lipinski definition) is 1. The maximum atomic E-state index is 13.0. The number of carbonyl (C=O) groups excluding carboxylic acids is 1. The summed E-state index contributed by atoms with van der Waals surface area (Å²) in [6.45, 7) is 6.02. The summed E-state index contributed by atoms with van der Waals surface area (Å²) in [4.78, 5) is 11.4. The lowest BCUT2D eigenvalue weighted by Crippen LogP contribution is -2.37. The summed E-state index contributed by atoms with van der Waals surface area (Å²) in [7, 11) is 0. The first-order valence-corrected chi connectivity index (χ1v) is 4.60. The van der Waals surface area contributed by atoms with Gasteiger partial charge in [-0.1, -0.05) is 20.8 Å². The Kier molecular flexibility index (Phi) is 2.55. The van der Waals surface area contributed by atoms with Gasteiger partial charge in [0.15, 0.2) is 12.0 Å². The van der Waals surface area contributed by atoms with Crippen molar-refractivity contribution < 1.29 is 9.18 Å². The third kappa shape index (κ3) is 1.85. The molecule has 1 aliphatic rings. The van der Waals surface area contributed by atoms with Crippen LogP contribution in [-0.2, 0) is 4.79 Å². The fourth-order valence-electron chi connectivity index (χ4n) is 1.86. The maximum Gasteiger partial charge on any atom is 0.170 e. The Morgan fingerprint density at radius 2 is 1.92 bits per heavy atom. The second kappa shape index (κ2) is 3.15. The van der Waals surface area contributed by atoms with Gasteiger partial charge in [-0.25, -0.2) is 4.39 Å². The average molecular weight is 172 g/mol. The Labute approximate surface area is 73.3 Å². The van der Waals surface area contributed by atoms with Crippen LogP contribution in [0.4, 0.5) is 4.39 Å². The van der Waals surface area contributed by atoms with Crippen molar-refractivity contribution in [3.05, 3.63) is 0 Å². The van der Waals surface area contributed by atoms with Gasteiger partial charge in [0.2, 0.25) is 0 Å². The average Bonchev–Trinajstić information content (AvgIpc) is 1.92. The first-order valence-electron chi connectivity index (χ1n) is 4.60. The molecule has 0 saturated heterocycles. The first-order chi connectivity index (χ1) is 5.43. The lowest BCUT2D eigenvalue weighted by Gasteiger charge is -2.33. The van der Waals surface area contributed by atoms with Crippen molar-refractivity contribution in [2.24, 2.45) is 11.3 Å². The van der Waals surface area contributed by atoms with E-state index in [9.17, 15) is 9.18 Å². The van der Waals surface area contributed by atoms with Crippen LogP contribution in [0.15, 0.2) is 0 Å². The molecule has 1 saturated carbocycles. The second-order valence-corrected chi connectivity index (χ2v) is 4.72. The summed E-state index contributed by atoms with van der Waals surface area (Å²) in [5.74, 6) is -0.241. The Hall–Kier alpha value is -0.400. The van der Waals surface area contributed by atoms with Gasteiger partial charge in [0, 0.05) is 5.92 Å². The highest BCUT2D eigenvalue weighted by Crippen LogP contribution is 2.36. The number of hydrogen-bond donors (Lipinski definition) is 0. The summed E-state index contributed by atoms with van der Waals surface area (Å²) >= 11 is 0. The minimum Gasteiger partial charge on any atom is -0.296 e. The van der Waals surface area contributed by atoms with Crippen LogP contribution in [-0.4, -0.2) is 12.0 Å². The Morgan fingerprint density at radius 1 is 1.33 bits per heavy atom. The minimum atomic E-state index is -1.19. The molecule has 0 heterocycles. The van der Waals surface area contributed by atoms with E-state index in [1.807, 2.05) is 20.8 Å². The summed E-state index contributed by atoms with van der Waals surface area (Å²) in [5.41, 5.74) is -0.0676. The van der Waals surface area contributed by atoms with E-state index in [1.54, 1.807) is 0 Å². The molecule has 1 rings (SSSR count). The smallest absolute Gasteiger partial charge is 0.170 e. The van der Waals surface area contributed by atoms with Crippen molar-refractivity contribution in [1.82, 2.24) is 0 Å². The quantitative estimate of drug-likeness (QED) is 0.549. The molecule has 1 aliphatic carbocycles. The normalized spacial score (nSPS) is 32.2. The maximum absolute atomic E-state index is 13.0. The molecule has 12 heavy (non-hydrogen) atoms. The summed E-state index contributed by atoms with van der Waals surface area (Å²) in [6.07, 6.45) is 0.964. The molecule has 1 nitrogen and oxygen atoms in total. The molecule has 0 aromatic rings. The van der Waals surface area contributed by atoms with Crippen LogP contribution < -0.4 is 0 Å². The molecule has 0 spiro atoms. The van der Waals surface area contributed by atoms with Crippen molar-refractivity contribution in [2.45, 2.75) is 46.2 Å². The van der Waals surface area contributed by atoms with E-state index in [4.69, 9.17) is 0 Å². The molecule has 2 heteroatoms. The third-order valence-electron chi connectivity index (χ3n) is 2.65. The van der Waals surface area contributed by atoms with E-state index >= 15 is 0 Å². The SMILES string of the molecule is CC(C)(C)[C@@H]1CCC[C@H](F)C1=O. The van der Waals surface area contributed by atoms with E-state index in [-0.39, 0.29) is 17.1 Å². The predicted molar refractivity (Wildman–Crippen MR) is 46.7 cm³/mol. The van der Waals surface area contributed by atoms with E-state index in [2.05, 4.69) is 0 Å². The van der Waals surface area contributed by atoms with Crippen LogP contribution in [0.3, 0.4) is 0 Å². The van der Waals surface area contributed by atoms with E-state index in [0.717, 1.165) is 12.8 Å². The molecule has 1 fully saturated rings. The molecule has 70 valence electrons. The Morgan fingerprint density at radius 3 is 2.33 bits per heavy atom.